The summed E-state index contributed by atoms with van der Waals surface area (Å²) in [5, 5.41) is 10.4. The molecular weight excluding hydrogens is 427 g/mol. The van der Waals surface area contributed by atoms with Gasteiger partial charge in [-0.05, 0) is 62.2 Å². The van der Waals surface area contributed by atoms with E-state index < -0.39 is 5.60 Å². The molecule has 0 aromatic heterocycles. The first kappa shape index (κ1) is 24.0. The number of rotatable bonds is 4. The van der Waals surface area contributed by atoms with Crippen molar-refractivity contribution >= 4 is 23.6 Å². The summed E-state index contributed by atoms with van der Waals surface area (Å²) in [6.45, 7) is 8.12. The highest BCUT2D eigenvalue weighted by atomic mass is 35.5. The molecule has 1 amide bonds. The normalized spacial score (nSPS) is 17.3. The Morgan fingerprint density at radius 3 is 2.62 bits per heavy atom. The number of piperazine rings is 1. The zero-order chi connectivity index (χ0) is 23.3. The van der Waals surface area contributed by atoms with Crippen molar-refractivity contribution in [2.45, 2.75) is 39.0 Å². The number of amides is 1. The minimum Gasteiger partial charge on any atom is -0.378 e. The second-order valence-electron chi connectivity index (χ2n) is 8.62. The van der Waals surface area contributed by atoms with Crippen LogP contribution < -0.4 is 0 Å². The van der Waals surface area contributed by atoms with Crippen LogP contribution in [0.1, 0.15) is 37.5 Å². The zero-order valence-corrected chi connectivity index (χ0v) is 19.4. The Hall–Kier alpha value is -2.65. The molecule has 1 unspecified atom stereocenters. The van der Waals surface area contributed by atoms with Crippen molar-refractivity contribution in [3.05, 3.63) is 76.1 Å². The third-order valence-corrected chi connectivity index (χ3v) is 5.47. The van der Waals surface area contributed by atoms with Gasteiger partial charge in [-0.3, -0.25) is 9.69 Å². The maximum absolute atomic E-state index is 13.1. The SMILES string of the molecule is CC1CN(Cc2ccc(F)cc2)CCN1C(=O)/C=C/c1ccc(Cl)cc1C#CC(C)(C)O. The molecule has 4 nitrogen and oxygen atoms in total. The van der Waals surface area contributed by atoms with Crippen molar-refractivity contribution in [1.29, 1.82) is 0 Å². The molecule has 0 radical (unpaired) electrons. The lowest BCUT2D eigenvalue weighted by atomic mass is 10.0. The molecule has 168 valence electrons. The molecule has 1 N–H and O–H groups in total. The number of carbonyl (C=O) groups excluding carboxylic acids is 1. The summed E-state index contributed by atoms with van der Waals surface area (Å²) >= 11 is 6.10. The molecular formula is C26H28ClFN2O2. The smallest absolute Gasteiger partial charge is 0.246 e. The van der Waals surface area contributed by atoms with Gasteiger partial charge in [-0.25, -0.2) is 4.39 Å². The predicted molar refractivity (Wildman–Crippen MR) is 127 cm³/mol. The van der Waals surface area contributed by atoms with E-state index in [1.807, 2.05) is 17.9 Å². The van der Waals surface area contributed by atoms with Gasteiger partial charge in [0.25, 0.3) is 0 Å². The fourth-order valence-corrected chi connectivity index (χ4v) is 3.78. The summed E-state index contributed by atoms with van der Waals surface area (Å²) in [7, 11) is 0. The van der Waals surface area contributed by atoms with E-state index >= 15 is 0 Å². The topological polar surface area (TPSA) is 43.8 Å². The number of carbonyl (C=O) groups is 1. The van der Waals surface area contributed by atoms with Gasteiger partial charge in [0, 0.05) is 48.9 Å². The van der Waals surface area contributed by atoms with E-state index in [9.17, 15) is 14.3 Å². The minimum absolute atomic E-state index is 0.0565. The van der Waals surface area contributed by atoms with Gasteiger partial charge in [-0.1, -0.05) is 41.6 Å². The third kappa shape index (κ3) is 6.93. The lowest BCUT2D eigenvalue weighted by molar-refractivity contribution is -0.130. The van der Waals surface area contributed by atoms with Crippen molar-refractivity contribution in [1.82, 2.24) is 9.80 Å². The highest BCUT2D eigenvalue weighted by Gasteiger charge is 2.26. The average Bonchev–Trinajstić information content (AvgIpc) is 2.72. The van der Waals surface area contributed by atoms with E-state index in [1.54, 1.807) is 50.3 Å². The molecule has 3 rings (SSSR count). The summed E-state index contributed by atoms with van der Waals surface area (Å²) in [6.07, 6.45) is 3.30. The summed E-state index contributed by atoms with van der Waals surface area (Å²) in [5.74, 6) is 5.43. The first-order valence-corrected chi connectivity index (χ1v) is 11.0. The number of hydrogen-bond acceptors (Lipinski definition) is 3. The van der Waals surface area contributed by atoms with Crippen LogP contribution in [0.4, 0.5) is 4.39 Å². The maximum atomic E-state index is 13.1. The Labute approximate surface area is 194 Å². The number of halogens is 2. The average molecular weight is 455 g/mol. The van der Waals surface area contributed by atoms with Gasteiger partial charge in [0.05, 0.1) is 0 Å². The van der Waals surface area contributed by atoms with Crippen LogP contribution in [0, 0.1) is 17.7 Å². The van der Waals surface area contributed by atoms with Crippen molar-refractivity contribution in [2.24, 2.45) is 0 Å². The first-order chi connectivity index (χ1) is 15.1. The van der Waals surface area contributed by atoms with Gasteiger partial charge in [-0.2, -0.15) is 0 Å². The Morgan fingerprint density at radius 2 is 1.97 bits per heavy atom. The predicted octanol–water partition coefficient (Wildman–Crippen LogP) is 4.35. The maximum Gasteiger partial charge on any atom is 0.246 e. The highest BCUT2D eigenvalue weighted by Crippen LogP contribution is 2.19. The van der Waals surface area contributed by atoms with Crippen LogP contribution >= 0.6 is 11.6 Å². The molecule has 1 saturated heterocycles. The second-order valence-corrected chi connectivity index (χ2v) is 9.05. The van der Waals surface area contributed by atoms with Crippen molar-refractivity contribution in [3.63, 3.8) is 0 Å². The molecule has 0 saturated carbocycles. The lowest BCUT2D eigenvalue weighted by Gasteiger charge is -2.39. The Bertz CT molecular complexity index is 1050. The molecule has 1 atom stereocenters. The van der Waals surface area contributed by atoms with Crippen LogP contribution in [0.15, 0.2) is 48.5 Å². The van der Waals surface area contributed by atoms with Gasteiger partial charge in [0.15, 0.2) is 0 Å². The van der Waals surface area contributed by atoms with E-state index in [-0.39, 0.29) is 17.8 Å². The van der Waals surface area contributed by atoms with Gasteiger partial charge in [0.2, 0.25) is 5.91 Å². The zero-order valence-electron chi connectivity index (χ0n) is 18.6. The van der Waals surface area contributed by atoms with Gasteiger partial charge in [-0.15, -0.1) is 0 Å². The van der Waals surface area contributed by atoms with Crippen molar-refractivity contribution in [3.8, 4) is 11.8 Å². The van der Waals surface area contributed by atoms with E-state index in [0.717, 1.165) is 30.8 Å². The van der Waals surface area contributed by atoms with Gasteiger partial charge < -0.3 is 10.0 Å². The minimum atomic E-state index is -1.12. The molecule has 1 heterocycles. The number of nitrogens with zero attached hydrogens (tertiary/aromatic N) is 2. The van der Waals surface area contributed by atoms with Crippen LogP contribution in [-0.2, 0) is 11.3 Å². The Balaban J connectivity index is 1.65. The highest BCUT2D eigenvalue weighted by molar-refractivity contribution is 6.30. The van der Waals surface area contributed by atoms with Crippen molar-refractivity contribution < 1.29 is 14.3 Å². The van der Waals surface area contributed by atoms with Crippen LogP contribution in [0.5, 0.6) is 0 Å². The summed E-state index contributed by atoms with van der Waals surface area (Å²) in [6, 6.07) is 11.9. The fraction of sp³-hybridized carbons (Fsp3) is 0.346. The molecule has 0 bridgehead atoms. The van der Waals surface area contributed by atoms with E-state index in [1.165, 1.54) is 12.1 Å². The van der Waals surface area contributed by atoms with Gasteiger partial charge in [0.1, 0.15) is 11.4 Å². The standard InChI is InChI=1S/C26H28ClFN2O2/c1-19-17-29(18-20-4-9-24(28)10-5-20)14-15-30(19)25(31)11-7-21-6-8-23(27)16-22(21)12-13-26(2,3)32/h4-11,16,19,32H,14-15,17-18H2,1-3H3/b11-7+. The summed E-state index contributed by atoms with van der Waals surface area (Å²) in [5.41, 5.74) is 1.35. The molecule has 32 heavy (non-hydrogen) atoms. The fourth-order valence-electron chi connectivity index (χ4n) is 3.61. The third-order valence-electron chi connectivity index (χ3n) is 5.24. The Kier molecular flexibility index (Phi) is 7.73. The largest absolute Gasteiger partial charge is 0.378 e. The molecule has 6 heteroatoms. The molecule has 1 aliphatic rings. The van der Waals surface area contributed by atoms with E-state index in [4.69, 9.17) is 11.6 Å². The van der Waals surface area contributed by atoms with Crippen LogP contribution in [0.3, 0.4) is 0 Å². The van der Waals surface area contributed by atoms with Gasteiger partial charge >= 0.3 is 0 Å². The molecule has 0 spiro atoms. The number of benzene rings is 2. The summed E-state index contributed by atoms with van der Waals surface area (Å²) < 4.78 is 13.1. The number of aliphatic hydroxyl groups is 1. The Morgan fingerprint density at radius 1 is 1.25 bits per heavy atom. The lowest BCUT2D eigenvalue weighted by Crippen LogP contribution is -2.53. The van der Waals surface area contributed by atoms with E-state index in [0.29, 0.717) is 17.1 Å². The molecule has 0 aliphatic carbocycles. The van der Waals surface area contributed by atoms with Crippen LogP contribution in [0.25, 0.3) is 6.08 Å². The van der Waals surface area contributed by atoms with Crippen molar-refractivity contribution in [2.75, 3.05) is 19.6 Å². The first-order valence-electron chi connectivity index (χ1n) is 10.6. The summed E-state index contributed by atoms with van der Waals surface area (Å²) in [4.78, 5) is 17.0. The van der Waals surface area contributed by atoms with E-state index in [2.05, 4.69) is 16.7 Å². The van der Waals surface area contributed by atoms with Crippen LogP contribution in [0.2, 0.25) is 5.02 Å². The quantitative estimate of drug-likeness (QED) is 0.552. The second kappa shape index (κ2) is 10.3. The monoisotopic (exact) mass is 454 g/mol. The molecule has 1 fully saturated rings. The molecule has 2 aromatic rings. The molecule has 2 aromatic carbocycles. The number of hydrogen-bond donors (Lipinski definition) is 1. The molecule has 1 aliphatic heterocycles. The van der Waals surface area contributed by atoms with Crippen LogP contribution in [-0.4, -0.2) is 52.1 Å².